The van der Waals surface area contributed by atoms with Crippen LogP contribution in [-0.2, 0) is 14.3 Å². The van der Waals surface area contributed by atoms with Gasteiger partial charge in [0.25, 0.3) is 5.91 Å². The lowest BCUT2D eigenvalue weighted by atomic mass is 10.2. The highest BCUT2D eigenvalue weighted by atomic mass is 16.5. The van der Waals surface area contributed by atoms with E-state index < -0.39 is 5.97 Å². The lowest BCUT2D eigenvalue weighted by Crippen LogP contribution is -2.30. The van der Waals surface area contributed by atoms with E-state index in [1.807, 2.05) is 6.07 Å². The van der Waals surface area contributed by atoms with Crippen LogP contribution in [0.4, 0.5) is 0 Å². The maximum atomic E-state index is 11.7. The van der Waals surface area contributed by atoms with Crippen LogP contribution in [0.5, 0.6) is 0 Å². The van der Waals surface area contributed by atoms with Gasteiger partial charge in [-0.1, -0.05) is 18.2 Å². The van der Waals surface area contributed by atoms with Crippen LogP contribution in [0.3, 0.4) is 0 Å². The molecule has 0 atom stereocenters. The predicted octanol–water partition coefficient (Wildman–Crippen LogP) is 0.876. The lowest BCUT2D eigenvalue weighted by molar-refractivity contribution is -0.141. The summed E-state index contributed by atoms with van der Waals surface area (Å²) in [5.41, 5.74) is 0.619. The van der Waals surface area contributed by atoms with E-state index >= 15 is 0 Å². The van der Waals surface area contributed by atoms with Crippen LogP contribution in [0, 0.1) is 0 Å². The highest BCUT2D eigenvalue weighted by molar-refractivity contribution is 5.94. The first-order valence-corrected chi connectivity index (χ1v) is 6.80. The molecule has 6 heteroatoms. The van der Waals surface area contributed by atoms with Crippen molar-refractivity contribution in [2.45, 2.75) is 19.3 Å². The van der Waals surface area contributed by atoms with Crippen LogP contribution in [-0.4, -0.2) is 38.0 Å². The first kappa shape index (κ1) is 16.7. The minimum atomic E-state index is -0.474. The van der Waals surface area contributed by atoms with Crippen molar-refractivity contribution in [1.29, 1.82) is 0 Å². The van der Waals surface area contributed by atoms with Gasteiger partial charge >= 0.3 is 5.97 Å². The largest absolute Gasteiger partial charge is 0.468 e. The second kappa shape index (κ2) is 9.52. The fraction of sp³-hybridized carbons (Fsp3) is 0.400. The van der Waals surface area contributed by atoms with Gasteiger partial charge in [0.2, 0.25) is 5.91 Å². The van der Waals surface area contributed by atoms with Gasteiger partial charge in [0.15, 0.2) is 0 Å². The molecule has 0 aliphatic heterocycles. The molecule has 6 nitrogen and oxygen atoms in total. The zero-order valence-corrected chi connectivity index (χ0v) is 12.1. The first-order valence-electron chi connectivity index (χ1n) is 6.80. The van der Waals surface area contributed by atoms with Gasteiger partial charge < -0.3 is 15.4 Å². The molecule has 0 fully saturated rings. The van der Waals surface area contributed by atoms with E-state index in [1.54, 1.807) is 24.3 Å². The van der Waals surface area contributed by atoms with E-state index in [1.165, 1.54) is 7.11 Å². The van der Waals surface area contributed by atoms with Crippen molar-refractivity contribution in [1.82, 2.24) is 10.6 Å². The summed E-state index contributed by atoms with van der Waals surface area (Å²) in [6.07, 6.45) is 1.66. The number of ether oxygens (including phenoxy) is 1. The average molecular weight is 292 g/mol. The fourth-order valence-electron chi connectivity index (χ4n) is 1.64. The quantitative estimate of drug-likeness (QED) is 0.550. The highest BCUT2D eigenvalue weighted by Crippen LogP contribution is 1.99. The second-order valence-corrected chi connectivity index (χ2v) is 4.43. The molecule has 114 valence electrons. The molecule has 21 heavy (non-hydrogen) atoms. The molecule has 1 aromatic rings. The van der Waals surface area contributed by atoms with E-state index in [0.717, 1.165) is 0 Å². The zero-order chi connectivity index (χ0) is 15.5. The molecule has 0 spiro atoms. The Bertz CT molecular complexity index is 474. The van der Waals surface area contributed by atoms with E-state index in [0.29, 0.717) is 31.4 Å². The van der Waals surface area contributed by atoms with Crippen LogP contribution in [0.1, 0.15) is 29.6 Å². The van der Waals surface area contributed by atoms with E-state index in [9.17, 15) is 14.4 Å². The summed E-state index contributed by atoms with van der Waals surface area (Å²) in [6, 6.07) is 8.95. The zero-order valence-electron chi connectivity index (χ0n) is 12.1. The van der Waals surface area contributed by atoms with Gasteiger partial charge in [-0.15, -0.1) is 0 Å². The molecule has 0 heterocycles. The number of carbonyl (C=O) groups is 3. The van der Waals surface area contributed by atoms with Crippen LogP contribution >= 0.6 is 0 Å². The number of amides is 2. The number of methoxy groups -OCH3 is 1. The minimum absolute atomic E-state index is 0.111. The molecule has 0 unspecified atom stereocenters. The van der Waals surface area contributed by atoms with Gasteiger partial charge in [0.1, 0.15) is 6.54 Å². The Kier molecular flexibility index (Phi) is 7.56. The summed E-state index contributed by atoms with van der Waals surface area (Å²) < 4.78 is 4.41. The topological polar surface area (TPSA) is 84.5 Å². The van der Waals surface area contributed by atoms with Gasteiger partial charge in [-0.3, -0.25) is 14.4 Å². The molecule has 0 saturated carbocycles. The van der Waals surface area contributed by atoms with Crippen molar-refractivity contribution in [3.05, 3.63) is 35.9 Å². The molecule has 2 amide bonds. The standard InChI is InChI=1S/C15H20N2O4/c1-21-14(19)11-17-13(18)9-5-6-10-16-15(20)12-7-3-2-4-8-12/h2-4,7-8H,5-6,9-11H2,1H3,(H,16,20)(H,17,18). The van der Waals surface area contributed by atoms with Gasteiger partial charge in [0, 0.05) is 18.5 Å². The van der Waals surface area contributed by atoms with Crippen LogP contribution in [0.2, 0.25) is 0 Å². The molecule has 0 aliphatic rings. The molecular formula is C15H20N2O4. The molecule has 0 bridgehead atoms. The summed E-state index contributed by atoms with van der Waals surface area (Å²) >= 11 is 0. The Morgan fingerprint density at radius 1 is 1.05 bits per heavy atom. The van der Waals surface area contributed by atoms with Crippen LogP contribution < -0.4 is 10.6 Å². The van der Waals surface area contributed by atoms with Gasteiger partial charge in [0.05, 0.1) is 7.11 Å². The highest BCUT2D eigenvalue weighted by Gasteiger charge is 2.06. The molecule has 0 aromatic heterocycles. The number of hydrogen-bond acceptors (Lipinski definition) is 4. The molecule has 0 radical (unpaired) electrons. The Hall–Kier alpha value is -2.37. The van der Waals surface area contributed by atoms with Crippen molar-refractivity contribution in [3.63, 3.8) is 0 Å². The number of unbranched alkanes of at least 4 members (excludes halogenated alkanes) is 1. The van der Waals surface area contributed by atoms with Crippen molar-refractivity contribution < 1.29 is 19.1 Å². The summed E-state index contributed by atoms with van der Waals surface area (Å²) in [6.45, 7) is 0.401. The summed E-state index contributed by atoms with van der Waals surface area (Å²) in [5.74, 6) is -0.793. The lowest BCUT2D eigenvalue weighted by Gasteiger charge is -2.06. The van der Waals surface area contributed by atoms with Crippen molar-refractivity contribution in [2.75, 3.05) is 20.2 Å². The van der Waals surface area contributed by atoms with Gasteiger partial charge in [-0.05, 0) is 25.0 Å². The number of nitrogens with one attached hydrogen (secondary N) is 2. The molecule has 0 saturated heterocycles. The van der Waals surface area contributed by atoms with Crippen molar-refractivity contribution >= 4 is 17.8 Å². The number of rotatable bonds is 8. The molecule has 2 N–H and O–H groups in total. The van der Waals surface area contributed by atoms with Crippen molar-refractivity contribution in [3.8, 4) is 0 Å². The SMILES string of the molecule is COC(=O)CNC(=O)CCCCNC(=O)c1ccccc1. The fourth-order valence-corrected chi connectivity index (χ4v) is 1.64. The summed E-state index contributed by atoms with van der Waals surface area (Å²) in [7, 11) is 1.27. The Labute approximate surface area is 123 Å². The van der Waals surface area contributed by atoms with Crippen LogP contribution in [0.15, 0.2) is 30.3 Å². The van der Waals surface area contributed by atoms with Crippen molar-refractivity contribution in [2.24, 2.45) is 0 Å². The Morgan fingerprint density at radius 3 is 2.43 bits per heavy atom. The number of hydrogen-bond donors (Lipinski definition) is 2. The molecular weight excluding hydrogens is 272 g/mol. The van der Waals surface area contributed by atoms with E-state index in [-0.39, 0.29) is 18.4 Å². The minimum Gasteiger partial charge on any atom is -0.468 e. The third kappa shape index (κ3) is 7.10. The summed E-state index contributed by atoms with van der Waals surface area (Å²) in [5, 5.41) is 5.25. The smallest absolute Gasteiger partial charge is 0.325 e. The third-order valence-corrected chi connectivity index (χ3v) is 2.81. The van der Waals surface area contributed by atoms with Crippen LogP contribution in [0.25, 0.3) is 0 Å². The summed E-state index contributed by atoms with van der Waals surface area (Å²) in [4.78, 5) is 33.9. The monoisotopic (exact) mass is 292 g/mol. The third-order valence-electron chi connectivity index (χ3n) is 2.81. The van der Waals surface area contributed by atoms with Gasteiger partial charge in [-0.25, -0.2) is 0 Å². The molecule has 1 rings (SSSR count). The maximum Gasteiger partial charge on any atom is 0.325 e. The normalized spacial score (nSPS) is 9.76. The number of benzene rings is 1. The Morgan fingerprint density at radius 2 is 1.76 bits per heavy atom. The maximum absolute atomic E-state index is 11.7. The molecule has 1 aromatic carbocycles. The average Bonchev–Trinajstić information content (AvgIpc) is 2.52. The van der Waals surface area contributed by atoms with Gasteiger partial charge in [-0.2, -0.15) is 0 Å². The Balaban J connectivity index is 2.08. The predicted molar refractivity (Wildman–Crippen MR) is 77.7 cm³/mol. The number of esters is 1. The second-order valence-electron chi connectivity index (χ2n) is 4.43. The molecule has 0 aliphatic carbocycles. The first-order chi connectivity index (χ1) is 10.1. The van der Waals surface area contributed by atoms with E-state index in [4.69, 9.17) is 0 Å². The van der Waals surface area contributed by atoms with E-state index in [2.05, 4.69) is 15.4 Å². The number of carbonyl (C=O) groups excluding carboxylic acids is 3.